The second-order valence-electron chi connectivity index (χ2n) is 9.66. The van der Waals surface area contributed by atoms with Crippen LogP contribution in [0.2, 0.25) is 0 Å². The van der Waals surface area contributed by atoms with Gasteiger partial charge >= 0.3 is 13.2 Å². The maximum Gasteiger partial charge on any atom is 0.495 e. The minimum Gasteiger partial charge on any atom is -0.443 e. The lowest BCUT2D eigenvalue weighted by atomic mass is 9.76. The first-order valence-corrected chi connectivity index (χ1v) is 9.99. The fourth-order valence-electron chi connectivity index (χ4n) is 3.70. The van der Waals surface area contributed by atoms with Crippen LogP contribution >= 0.6 is 0 Å². The Morgan fingerprint density at radius 2 is 1.77 bits per heavy atom. The van der Waals surface area contributed by atoms with Crippen molar-refractivity contribution in [3.63, 3.8) is 0 Å². The molecule has 3 heterocycles. The Morgan fingerprint density at radius 1 is 1.13 bits per heavy atom. The third-order valence-corrected chi connectivity index (χ3v) is 5.84. The molecule has 1 aliphatic rings. The van der Waals surface area contributed by atoms with Crippen molar-refractivity contribution in [3.8, 4) is 6.07 Å². The first-order valence-electron chi connectivity index (χ1n) is 9.99. The lowest BCUT2D eigenvalue weighted by molar-refractivity contribution is 0.00578. The second-order valence-corrected chi connectivity index (χ2v) is 9.66. The van der Waals surface area contributed by atoms with E-state index in [-0.39, 0.29) is 0 Å². The molecule has 0 spiro atoms. The van der Waals surface area contributed by atoms with Crippen molar-refractivity contribution >= 4 is 35.2 Å². The van der Waals surface area contributed by atoms with Gasteiger partial charge in [-0.1, -0.05) is 12.1 Å². The Balaban J connectivity index is 1.93. The van der Waals surface area contributed by atoms with Crippen LogP contribution in [-0.2, 0) is 14.0 Å². The average molecular weight is 407 g/mol. The van der Waals surface area contributed by atoms with Crippen LogP contribution in [0.5, 0.6) is 0 Å². The molecule has 0 bridgehead atoms. The molecule has 0 atom stereocenters. The molecule has 4 rings (SSSR count). The summed E-state index contributed by atoms with van der Waals surface area (Å²) in [7, 11) is -0.618. The first-order chi connectivity index (χ1) is 13.9. The van der Waals surface area contributed by atoms with Crippen LogP contribution in [0.3, 0.4) is 0 Å². The van der Waals surface area contributed by atoms with Gasteiger partial charge in [-0.05, 0) is 60.0 Å². The molecule has 0 radical (unpaired) electrons. The van der Waals surface area contributed by atoms with Gasteiger partial charge in [0, 0.05) is 17.8 Å². The highest BCUT2D eigenvalue weighted by atomic mass is 16.7. The van der Waals surface area contributed by atoms with E-state index in [1.54, 1.807) is 12.4 Å². The molecule has 0 aliphatic carbocycles. The van der Waals surface area contributed by atoms with E-state index in [4.69, 9.17) is 14.0 Å². The maximum atomic E-state index is 12.8. The molecule has 0 amide bonds. The topological polar surface area (TPSA) is 77.9 Å². The van der Waals surface area contributed by atoms with Crippen molar-refractivity contribution in [1.29, 1.82) is 5.26 Å². The molecule has 0 N–H and O–H groups in total. The Morgan fingerprint density at radius 3 is 2.33 bits per heavy atom. The number of nitriles is 1. The third-order valence-electron chi connectivity index (χ3n) is 5.84. The number of imidazole rings is 1. The Hall–Kier alpha value is -2.76. The van der Waals surface area contributed by atoms with E-state index in [2.05, 4.69) is 6.07 Å². The van der Waals surface area contributed by atoms with E-state index in [0.717, 1.165) is 11.0 Å². The van der Waals surface area contributed by atoms with Gasteiger partial charge in [0.2, 0.25) is 0 Å². The predicted octanol–water partition coefficient (Wildman–Crippen LogP) is 3.85. The van der Waals surface area contributed by atoms with E-state index in [1.165, 1.54) is 4.57 Å². The van der Waals surface area contributed by atoms with Crippen LogP contribution in [-0.4, -0.2) is 39.0 Å². The van der Waals surface area contributed by atoms with Gasteiger partial charge in [0.25, 0.3) is 0 Å². The molecule has 0 saturated carbocycles. The average Bonchev–Trinajstić information content (AvgIpc) is 3.22. The highest BCUT2D eigenvalue weighted by Gasteiger charge is 2.52. The zero-order chi connectivity index (χ0) is 22.1. The number of hydrogen-bond acceptors (Lipinski definition) is 5. The fraction of sp³-hybridized carbons (Fsp3) is 0.455. The lowest BCUT2D eigenvalue weighted by Crippen LogP contribution is -2.41. The van der Waals surface area contributed by atoms with Gasteiger partial charge in [0.05, 0.1) is 16.7 Å². The highest BCUT2D eigenvalue weighted by molar-refractivity contribution is 6.65. The number of hydrogen-bond donors (Lipinski definition) is 0. The van der Waals surface area contributed by atoms with E-state index in [9.17, 15) is 10.1 Å². The number of aromatic nitrogens is 2. The van der Waals surface area contributed by atoms with Gasteiger partial charge in [-0.2, -0.15) is 5.26 Å². The van der Waals surface area contributed by atoms with Gasteiger partial charge < -0.3 is 14.0 Å². The van der Waals surface area contributed by atoms with Crippen LogP contribution in [0.1, 0.15) is 54.0 Å². The summed E-state index contributed by atoms with van der Waals surface area (Å²) >= 11 is 0. The fourth-order valence-corrected chi connectivity index (χ4v) is 3.70. The zero-order valence-corrected chi connectivity index (χ0v) is 18.4. The van der Waals surface area contributed by atoms with E-state index in [0.29, 0.717) is 16.6 Å². The number of ether oxygens (including phenoxy) is 1. The van der Waals surface area contributed by atoms with E-state index < -0.39 is 30.0 Å². The summed E-state index contributed by atoms with van der Waals surface area (Å²) in [6.07, 6.45) is 2.84. The van der Waals surface area contributed by atoms with E-state index >= 15 is 0 Å². The van der Waals surface area contributed by atoms with Crippen molar-refractivity contribution in [2.75, 3.05) is 0 Å². The summed E-state index contributed by atoms with van der Waals surface area (Å²) in [5.74, 6) is 0. The number of carbonyl (C=O) groups excluding carboxylic acids is 1. The molecule has 1 aromatic carbocycles. The molecule has 30 heavy (non-hydrogen) atoms. The monoisotopic (exact) mass is 407 g/mol. The summed E-state index contributed by atoms with van der Waals surface area (Å²) in [5, 5.41) is 10.8. The highest BCUT2D eigenvalue weighted by Crippen LogP contribution is 2.37. The first kappa shape index (κ1) is 20.5. The Bertz CT molecular complexity index is 1190. The SMILES string of the molecule is CC(C)(C)OC(=O)n1ccn2c3cccc(B4OC(C)(C)C(C)(C)O4)c3c(C#N)c12. The zero-order valence-electron chi connectivity index (χ0n) is 18.4. The molecule has 2 aromatic heterocycles. The van der Waals surface area contributed by atoms with Gasteiger partial charge in [-0.3, -0.25) is 4.40 Å². The lowest BCUT2D eigenvalue weighted by Gasteiger charge is -2.32. The van der Waals surface area contributed by atoms with E-state index in [1.807, 2.05) is 71.1 Å². The minimum atomic E-state index is -0.648. The van der Waals surface area contributed by atoms with Crippen molar-refractivity contribution in [2.45, 2.75) is 65.3 Å². The third kappa shape index (κ3) is 3.01. The molecule has 7 nitrogen and oxygen atoms in total. The van der Waals surface area contributed by atoms with Gasteiger partial charge in [0.15, 0.2) is 0 Å². The molecule has 1 saturated heterocycles. The van der Waals surface area contributed by atoms with Gasteiger partial charge in [-0.25, -0.2) is 9.36 Å². The van der Waals surface area contributed by atoms with Crippen LogP contribution < -0.4 is 5.46 Å². The van der Waals surface area contributed by atoms with Crippen molar-refractivity contribution < 1.29 is 18.8 Å². The molecule has 1 fully saturated rings. The van der Waals surface area contributed by atoms with Crippen LogP contribution in [0, 0.1) is 11.3 Å². The van der Waals surface area contributed by atoms with Crippen LogP contribution in [0.25, 0.3) is 16.6 Å². The second kappa shape index (κ2) is 6.37. The Kier molecular flexibility index (Phi) is 4.36. The maximum absolute atomic E-state index is 12.8. The standard InChI is InChI=1S/C22H26BN3O4/c1-20(2,3)28-19(27)26-12-11-25-16-10-8-9-15(17(16)14(13-24)18(25)26)23-29-21(4,5)22(6,7)30-23/h8-12H,1-7H3. The summed E-state index contributed by atoms with van der Waals surface area (Å²) in [4.78, 5) is 12.8. The number of rotatable bonds is 1. The molecule has 1 aliphatic heterocycles. The van der Waals surface area contributed by atoms with Crippen LogP contribution in [0.15, 0.2) is 30.6 Å². The van der Waals surface area contributed by atoms with Crippen molar-refractivity contribution in [2.24, 2.45) is 0 Å². The minimum absolute atomic E-state index is 0.381. The smallest absolute Gasteiger partial charge is 0.443 e. The largest absolute Gasteiger partial charge is 0.495 e. The summed E-state index contributed by atoms with van der Waals surface area (Å²) in [6, 6.07) is 8.01. The quantitative estimate of drug-likeness (QED) is 0.573. The molecule has 0 unspecified atom stereocenters. The summed E-state index contributed by atoms with van der Waals surface area (Å²) in [6.45, 7) is 13.4. The molecule has 3 aromatic rings. The molecular formula is C22H26BN3O4. The summed E-state index contributed by atoms with van der Waals surface area (Å²) in [5.41, 5.74) is 0.759. The number of carbonyl (C=O) groups is 1. The summed E-state index contributed by atoms with van der Waals surface area (Å²) < 4.78 is 21.2. The predicted molar refractivity (Wildman–Crippen MR) is 115 cm³/mol. The normalized spacial score (nSPS) is 18.1. The number of fused-ring (bicyclic) bond motifs is 3. The van der Waals surface area contributed by atoms with Crippen molar-refractivity contribution in [1.82, 2.24) is 8.97 Å². The molecule has 156 valence electrons. The van der Waals surface area contributed by atoms with Crippen molar-refractivity contribution in [3.05, 3.63) is 36.2 Å². The van der Waals surface area contributed by atoms with Gasteiger partial charge in [0.1, 0.15) is 22.9 Å². The molecule has 8 heteroatoms. The number of benzene rings is 1. The number of nitrogens with zero attached hydrogens (tertiary/aromatic N) is 3. The Labute approximate surface area is 176 Å². The van der Waals surface area contributed by atoms with Crippen LogP contribution in [0.4, 0.5) is 4.79 Å². The molecular weight excluding hydrogens is 381 g/mol. The van der Waals surface area contributed by atoms with Gasteiger partial charge in [-0.15, -0.1) is 0 Å².